The molecule has 2 N–H and O–H groups in total. The van der Waals surface area contributed by atoms with Crippen molar-refractivity contribution in [3.63, 3.8) is 0 Å². The van der Waals surface area contributed by atoms with Crippen molar-refractivity contribution < 1.29 is 4.79 Å². The molecule has 6 heteroatoms. The van der Waals surface area contributed by atoms with Crippen LogP contribution < -0.4 is 15.5 Å². The first-order valence-electron chi connectivity index (χ1n) is 7.29. The Morgan fingerprint density at radius 2 is 1.77 bits per heavy atom. The zero-order chi connectivity index (χ0) is 15.5. The number of hydrogen-bond donors (Lipinski definition) is 2. The summed E-state index contributed by atoms with van der Waals surface area (Å²) in [5, 5.41) is 6.03. The molecule has 1 aromatic heterocycles. The van der Waals surface area contributed by atoms with Crippen LogP contribution in [0.4, 0.5) is 17.3 Å². The summed E-state index contributed by atoms with van der Waals surface area (Å²) in [7, 11) is 3.99. The maximum Gasteiger partial charge on any atom is 0.254 e. The normalized spacial score (nSPS) is 13.5. The minimum Gasteiger partial charge on any atom is -0.378 e. The summed E-state index contributed by atoms with van der Waals surface area (Å²) in [5.74, 6) is 0.366. The van der Waals surface area contributed by atoms with Crippen LogP contribution >= 0.6 is 0 Å². The number of aromatic nitrogens is 2. The van der Waals surface area contributed by atoms with Gasteiger partial charge in [0.2, 0.25) is 5.95 Å². The van der Waals surface area contributed by atoms with Crippen LogP contribution in [-0.2, 0) is 0 Å². The highest BCUT2D eigenvalue weighted by molar-refractivity contribution is 5.94. The summed E-state index contributed by atoms with van der Waals surface area (Å²) >= 11 is 0. The molecular weight excluding hydrogens is 278 g/mol. The van der Waals surface area contributed by atoms with Gasteiger partial charge in [-0.15, -0.1) is 0 Å². The van der Waals surface area contributed by atoms with E-state index in [0.717, 1.165) is 24.2 Å². The SMILES string of the molecule is CN(C)c1ccc(Nc2ncc(C(=O)NC3CC3)cn2)cc1. The number of amides is 1. The number of anilines is 3. The van der Waals surface area contributed by atoms with E-state index < -0.39 is 0 Å². The van der Waals surface area contributed by atoms with Crippen molar-refractivity contribution in [1.82, 2.24) is 15.3 Å². The van der Waals surface area contributed by atoms with Crippen molar-refractivity contribution >= 4 is 23.2 Å². The summed E-state index contributed by atoms with van der Waals surface area (Å²) in [6, 6.07) is 8.29. The molecule has 1 aliphatic rings. The average molecular weight is 297 g/mol. The highest BCUT2D eigenvalue weighted by Crippen LogP contribution is 2.20. The predicted octanol–water partition coefficient (Wildman–Crippen LogP) is 2.18. The molecule has 0 spiro atoms. The van der Waals surface area contributed by atoms with Gasteiger partial charge in [-0.05, 0) is 37.1 Å². The first-order valence-corrected chi connectivity index (χ1v) is 7.29. The van der Waals surface area contributed by atoms with Gasteiger partial charge in [0.25, 0.3) is 5.91 Å². The molecule has 0 atom stereocenters. The van der Waals surface area contributed by atoms with Crippen molar-refractivity contribution in [2.45, 2.75) is 18.9 Å². The summed E-state index contributed by atoms with van der Waals surface area (Å²) < 4.78 is 0. The second kappa shape index (κ2) is 6.01. The third-order valence-electron chi connectivity index (χ3n) is 3.47. The van der Waals surface area contributed by atoms with E-state index in [9.17, 15) is 4.79 Å². The highest BCUT2D eigenvalue weighted by Gasteiger charge is 2.23. The van der Waals surface area contributed by atoms with Crippen LogP contribution in [0.25, 0.3) is 0 Å². The van der Waals surface area contributed by atoms with Gasteiger partial charge in [-0.25, -0.2) is 9.97 Å². The van der Waals surface area contributed by atoms with Gasteiger partial charge in [-0.3, -0.25) is 4.79 Å². The van der Waals surface area contributed by atoms with Gasteiger partial charge in [0.05, 0.1) is 5.56 Å². The van der Waals surface area contributed by atoms with Gasteiger partial charge in [0.1, 0.15) is 0 Å². The van der Waals surface area contributed by atoms with Gasteiger partial charge < -0.3 is 15.5 Å². The molecule has 1 amide bonds. The molecule has 0 bridgehead atoms. The molecule has 1 heterocycles. The summed E-state index contributed by atoms with van der Waals surface area (Å²) in [6.07, 6.45) is 5.22. The third-order valence-corrected chi connectivity index (χ3v) is 3.47. The smallest absolute Gasteiger partial charge is 0.254 e. The predicted molar refractivity (Wildman–Crippen MR) is 86.6 cm³/mol. The fraction of sp³-hybridized carbons (Fsp3) is 0.312. The molecule has 1 saturated carbocycles. The zero-order valence-electron chi connectivity index (χ0n) is 12.7. The molecule has 22 heavy (non-hydrogen) atoms. The van der Waals surface area contributed by atoms with Gasteiger partial charge >= 0.3 is 0 Å². The van der Waals surface area contributed by atoms with Crippen LogP contribution in [-0.4, -0.2) is 36.0 Å². The van der Waals surface area contributed by atoms with Crippen LogP contribution in [0.2, 0.25) is 0 Å². The first kappa shape index (κ1) is 14.3. The van der Waals surface area contributed by atoms with E-state index in [0.29, 0.717) is 17.6 Å². The minimum atomic E-state index is -0.107. The monoisotopic (exact) mass is 297 g/mol. The third kappa shape index (κ3) is 3.52. The Morgan fingerprint density at radius 3 is 2.32 bits per heavy atom. The maximum atomic E-state index is 11.8. The first-order chi connectivity index (χ1) is 10.6. The van der Waals surface area contributed by atoms with Gasteiger partial charge in [0.15, 0.2) is 0 Å². The molecule has 0 radical (unpaired) electrons. The Morgan fingerprint density at radius 1 is 1.14 bits per heavy atom. The van der Waals surface area contributed by atoms with Gasteiger partial charge in [-0.2, -0.15) is 0 Å². The number of nitrogens with one attached hydrogen (secondary N) is 2. The highest BCUT2D eigenvalue weighted by atomic mass is 16.1. The molecule has 0 unspecified atom stereocenters. The second-order valence-electron chi connectivity index (χ2n) is 5.61. The van der Waals surface area contributed by atoms with Gasteiger partial charge in [-0.1, -0.05) is 0 Å². The number of rotatable bonds is 5. The molecule has 1 aromatic carbocycles. The molecular formula is C16H19N5O. The number of hydrogen-bond acceptors (Lipinski definition) is 5. The molecule has 3 rings (SSSR count). The summed E-state index contributed by atoms with van der Waals surface area (Å²) in [6.45, 7) is 0. The van der Waals surface area contributed by atoms with Crippen LogP contribution in [0.15, 0.2) is 36.7 Å². The molecule has 0 saturated heterocycles. The Labute approximate surface area is 129 Å². The Bertz CT molecular complexity index is 647. The second-order valence-corrected chi connectivity index (χ2v) is 5.61. The Kier molecular flexibility index (Phi) is 3.91. The lowest BCUT2D eigenvalue weighted by Gasteiger charge is -2.13. The van der Waals surface area contributed by atoms with E-state index in [2.05, 4.69) is 20.6 Å². The largest absolute Gasteiger partial charge is 0.378 e. The lowest BCUT2D eigenvalue weighted by Crippen LogP contribution is -2.25. The Balaban J connectivity index is 1.63. The number of carbonyl (C=O) groups is 1. The van der Waals surface area contributed by atoms with Crippen LogP contribution in [0, 0.1) is 0 Å². The average Bonchev–Trinajstić information content (AvgIpc) is 3.32. The van der Waals surface area contributed by atoms with E-state index >= 15 is 0 Å². The van der Waals surface area contributed by atoms with Crippen LogP contribution in [0.5, 0.6) is 0 Å². The van der Waals surface area contributed by atoms with Crippen LogP contribution in [0.3, 0.4) is 0 Å². The lowest BCUT2D eigenvalue weighted by atomic mass is 10.2. The number of carbonyl (C=O) groups excluding carboxylic acids is 1. The van der Waals surface area contributed by atoms with Crippen molar-refractivity contribution in [3.8, 4) is 0 Å². The molecule has 114 valence electrons. The lowest BCUT2D eigenvalue weighted by molar-refractivity contribution is 0.0950. The molecule has 6 nitrogen and oxygen atoms in total. The van der Waals surface area contributed by atoms with Crippen molar-refractivity contribution in [2.75, 3.05) is 24.3 Å². The standard InChI is InChI=1S/C16H19N5O/c1-21(2)14-7-5-13(6-8-14)20-16-17-9-11(10-18-16)15(22)19-12-3-4-12/h5-10,12H,3-4H2,1-2H3,(H,19,22)(H,17,18,20). The summed E-state index contributed by atoms with van der Waals surface area (Å²) in [4.78, 5) is 22.3. The minimum absolute atomic E-state index is 0.107. The van der Waals surface area contributed by atoms with E-state index in [1.165, 1.54) is 0 Å². The van der Waals surface area contributed by atoms with E-state index in [4.69, 9.17) is 0 Å². The topological polar surface area (TPSA) is 70.2 Å². The van der Waals surface area contributed by atoms with Crippen molar-refractivity contribution in [2.24, 2.45) is 0 Å². The van der Waals surface area contributed by atoms with E-state index in [1.54, 1.807) is 12.4 Å². The fourth-order valence-electron chi connectivity index (χ4n) is 1.98. The van der Waals surface area contributed by atoms with Gasteiger partial charge in [0, 0.05) is 43.9 Å². The quantitative estimate of drug-likeness (QED) is 0.885. The van der Waals surface area contributed by atoms with E-state index in [1.807, 2.05) is 43.3 Å². The fourth-order valence-corrected chi connectivity index (χ4v) is 1.98. The van der Waals surface area contributed by atoms with Crippen molar-refractivity contribution in [1.29, 1.82) is 0 Å². The summed E-state index contributed by atoms with van der Waals surface area (Å²) in [5.41, 5.74) is 2.51. The molecule has 1 aliphatic carbocycles. The molecule has 2 aromatic rings. The maximum absolute atomic E-state index is 11.8. The molecule has 0 aliphatic heterocycles. The number of benzene rings is 1. The number of nitrogens with zero attached hydrogens (tertiary/aromatic N) is 3. The van der Waals surface area contributed by atoms with Crippen LogP contribution in [0.1, 0.15) is 23.2 Å². The molecule has 1 fully saturated rings. The zero-order valence-corrected chi connectivity index (χ0v) is 12.7. The Hall–Kier alpha value is -2.63. The van der Waals surface area contributed by atoms with Crippen molar-refractivity contribution in [3.05, 3.63) is 42.2 Å². The van der Waals surface area contributed by atoms with E-state index in [-0.39, 0.29) is 5.91 Å².